The van der Waals surface area contributed by atoms with E-state index in [-0.39, 0.29) is 12.4 Å². The monoisotopic (exact) mass is 380 g/mol. The van der Waals surface area contributed by atoms with Crippen molar-refractivity contribution < 1.29 is 9.90 Å². The van der Waals surface area contributed by atoms with Crippen LogP contribution in [0.2, 0.25) is 0 Å². The van der Waals surface area contributed by atoms with Crippen LogP contribution in [0.4, 0.5) is 11.5 Å². The van der Waals surface area contributed by atoms with Crippen LogP contribution in [0.1, 0.15) is 38.4 Å². The summed E-state index contributed by atoms with van der Waals surface area (Å²) in [5.74, 6) is 0.813. The number of aliphatic hydroxyl groups excluding tert-OH is 1. The molecular weight excluding hydrogens is 356 g/mol. The molecule has 1 aliphatic rings. The number of allylic oxidation sites excluding steroid dienone is 2. The average molecular weight is 381 g/mol. The molecule has 0 aromatic carbocycles. The van der Waals surface area contributed by atoms with Gasteiger partial charge in [-0.1, -0.05) is 33.7 Å². The molecule has 1 unspecified atom stereocenters. The molecule has 1 aromatic heterocycles. The number of aryl methyl sites for hydroxylation is 1. The zero-order valence-corrected chi connectivity index (χ0v) is 16.1. The molecule has 0 fully saturated rings. The van der Waals surface area contributed by atoms with E-state index in [1.54, 1.807) is 34.7 Å². The van der Waals surface area contributed by atoms with Crippen molar-refractivity contribution in [1.29, 1.82) is 0 Å². The number of nitrogen functional groups attached to an aromatic ring is 1. The maximum absolute atomic E-state index is 11.7. The Balaban J connectivity index is 2.23. The third-order valence-electron chi connectivity index (χ3n) is 3.87. The fraction of sp³-hybridized carbons (Fsp3) is 0.471. The molecule has 25 heavy (non-hydrogen) atoms. The van der Waals surface area contributed by atoms with Crippen LogP contribution in [-0.4, -0.2) is 33.3 Å². The number of nitrogens with two attached hydrogens (primary N) is 1. The molecule has 1 heterocycles. The molecular formula is C17H24N4O2S2. The van der Waals surface area contributed by atoms with Crippen LogP contribution < -0.4 is 10.6 Å². The number of nitrogens with zero attached hydrogens (tertiary/aromatic N) is 3. The van der Waals surface area contributed by atoms with Crippen LogP contribution in [-0.2, 0) is 4.79 Å². The van der Waals surface area contributed by atoms with E-state index in [0.29, 0.717) is 29.6 Å². The first-order valence-corrected chi connectivity index (χ1v) is 10.4. The van der Waals surface area contributed by atoms with E-state index in [2.05, 4.69) is 22.1 Å². The van der Waals surface area contributed by atoms with Gasteiger partial charge in [-0.2, -0.15) is 0 Å². The van der Waals surface area contributed by atoms with E-state index in [0.717, 1.165) is 23.4 Å². The summed E-state index contributed by atoms with van der Waals surface area (Å²) in [5.41, 5.74) is 7.15. The number of carbonyl (C=O) groups is 1. The van der Waals surface area contributed by atoms with Gasteiger partial charge in [-0.05, 0) is 33.1 Å². The normalized spacial score (nSPS) is 18.0. The highest BCUT2D eigenvalue weighted by molar-refractivity contribution is 8.78. The molecule has 0 radical (unpaired) electrons. The van der Waals surface area contributed by atoms with Gasteiger partial charge in [0.2, 0.25) is 6.41 Å². The van der Waals surface area contributed by atoms with Gasteiger partial charge in [-0.3, -0.25) is 9.69 Å². The number of rotatable bonds is 8. The Labute approximate surface area is 156 Å². The smallest absolute Gasteiger partial charge is 0.218 e. The Morgan fingerprint density at radius 3 is 2.96 bits per heavy atom. The summed E-state index contributed by atoms with van der Waals surface area (Å²) < 4.78 is 0. The molecule has 3 N–H and O–H groups in total. The highest BCUT2D eigenvalue weighted by atomic mass is 33.1. The fourth-order valence-electron chi connectivity index (χ4n) is 2.48. The second-order valence-corrected chi connectivity index (χ2v) is 8.26. The number of aromatic nitrogens is 2. The first-order valence-electron chi connectivity index (χ1n) is 8.21. The SMILES string of the molecule is C/C(=C(\CCO)SSC1C=CCCC1)N(C=O)c1cnc(C)nc1N. The number of anilines is 2. The largest absolute Gasteiger partial charge is 0.396 e. The minimum atomic E-state index is 0.0211. The van der Waals surface area contributed by atoms with Crippen molar-refractivity contribution in [3.8, 4) is 0 Å². The van der Waals surface area contributed by atoms with Crippen molar-refractivity contribution in [2.24, 2.45) is 0 Å². The molecule has 1 atom stereocenters. The van der Waals surface area contributed by atoms with Crippen molar-refractivity contribution in [3.05, 3.63) is 34.8 Å². The number of aliphatic hydroxyl groups is 1. The fourth-order valence-corrected chi connectivity index (χ4v) is 5.37. The van der Waals surface area contributed by atoms with E-state index in [9.17, 15) is 9.90 Å². The molecule has 6 nitrogen and oxygen atoms in total. The van der Waals surface area contributed by atoms with Crippen LogP contribution in [0.25, 0.3) is 0 Å². The zero-order valence-electron chi connectivity index (χ0n) is 14.5. The summed E-state index contributed by atoms with van der Waals surface area (Å²) in [6.07, 6.45) is 10.7. The van der Waals surface area contributed by atoms with Crippen molar-refractivity contribution in [3.63, 3.8) is 0 Å². The van der Waals surface area contributed by atoms with Crippen molar-refractivity contribution in [1.82, 2.24) is 9.97 Å². The van der Waals surface area contributed by atoms with E-state index in [1.807, 2.05) is 6.92 Å². The van der Waals surface area contributed by atoms with Gasteiger partial charge in [-0.25, -0.2) is 9.97 Å². The van der Waals surface area contributed by atoms with E-state index >= 15 is 0 Å². The zero-order chi connectivity index (χ0) is 18.2. The number of hydrogen-bond acceptors (Lipinski definition) is 7. The van der Waals surface area contributed by atoms with Crippen molar-refractivity contribution in [2.45, 2.75) is 44.8 Å². The maximum atomic E-state index is 11.7. The van der Waals surface area contributed by atoms with Crippen LogP contribution in [0, 0.1) is 6.92 Å². The summed E-state index contributed by atoms with van der Waals surface area (Å²) in [4.78, 5) is 22.3. The van der Waals surface area contributed by atoms with Gasteiger partial charge < -0.3 is 10.8 Å². The summed E-state index contributed by atoms with van der Waals surface area (Å²) >= 11 is 0. The standard InChI is InChI=1S/C17H24N4O2S2/c1-12(21(11-23)15-10-19-13(2)20-17(15)18)16(8-9-22)25-24-14-6-4-3-5-7-14/h4,6,10-11,14,22H,3,5,7-9H2,1-2H3,(H2,18,19,20)/b16-12-. The van der Waals surface area contributed by atoms with Crippen molar-refractivity contribution >= 4 is 39.5 Å². The number of carbonyl (C=O) groups excluding carboxylic acids is 1. The molecule has 2 rings (SSSR count). The van der Waals surface area contributed by atoms with Crippen LogP contribution in [0.15, 0.2) is 29.0 Å². The molecule has 0 bridgehead atoms. The molecule has 136 valence electrons. The number of amides is 1. The lowest BCUT2D eigenvalue weighted by Crippen LogP contribution is -2.22. The Kier molecular flexibility index (Phi) is 7.80. The number of hydrogen-bond donors (Lipinski definition) is 2. The van der Waals surface area contributed by atoms with E-state index in [4.69, 9.17) is 5.73 Å². The molecule has 8 heteroatoms. The molecule has 1 amide bonds. The van der Waals surface area contributed by atoms with Crippen LogP contribution in [0.5, 0.6) is 0 Å². The molecule has 1 aromatic rings. The third kappa shape index (κ3) is 5.49. The molecule has 0 spiro atoms. The van der Waals surface area contributed by atoms with Crippen LogP contribution in [0.3, 0.4) is 0 Å². The molecule has 0 aliphatic heterocycles. The molecule has 1 aliphatic carbocycles. The average Bonchev–Trinajstić information content (AvgIpc) is 2.61. The first kappa shape index (κ1) is 19.8. The van der Waals surface area contributed by atoms with Crippen LogP contribution >= 0.6 is 21.6 Å². The summed E-state index contributed by atoms with van der Waals surface area (Å²) in [5, 5.41) is 9.87. The van der Waals surface area contributed by atoms with Gasteiger partial charge in [-0.15, -0.1) is 0 Å². The Morgan fingerprint density at radius 1 is 1.56 bits per heavy atom. The van der Waals surface area contributed by atoms with E-state index < -0.39 is 0 Å². The lowest BCUT2D eigenvalue weighted by atomic mass is 10.1. The molecule has 0 saturated carbocycles. The highest BCUT2D eigenvalue weighted by Gasteiger charge is 2.18. The predicted molar refractivity (Wildman–Crippen MR) is 106 cm³/mol. The Morgan fingerprint density at radius 2 is 2.36 bits per heavy atom. The highest BCUT2D eigenvalue weighted by Crippen LogP contribution is 2.41. The van der Waals surface area contributed by atoms with Gasteiger partial charge in [0.15, 0.2) is 5.82 Å². The van der Waals surface area contributed by atoms with Gasteiger partial charge in [0.05, 0.1) is 6.20 Å². The lowest BCUT2D eigenvalue weighted by molar-refractivity contribution is -0.107. The van der Waals surface area contributed by atoms with Gasteiger partial charge in [0.25, 0.3) is 0 Å². The third-order valence-corrected chi connectivity index (χ3v) is 6.94. The topological polar surface area (TPSA) is 92.3 Å². The predicted octanol–water partition coefficient (Wildman–Crippen LogP) is 3.43. The van der Waals surface area contributed by atoms with Gasteiger partial charge in [0.1, 0.15) is 11.5 Å². The van der Waals surface area contributed by atoms with Gasteiger partial charge >= 0.3 is 0 Å². The van der Waals surface area contributed by atoms with E-state index in [1.165, 1.54) is 11.3 Å². The van der Waals surface area contributed by atoms with Gasteiger partial charge in [0, 0.05) is 28.9 Å². The minimum Gasteiger partial charge on any atom is -0.396 e. The molecule has 0 saturated heterocycles. The summed E-state index contributed by atoms with van der Waals surface area (Å²) in [6.45, 7) is 3.62. The summed E-state index contributed by atoms with van der Waals surface area (Å²) in [7, 11) is 3.37. The second kappa shape index (κ2) is 9.84. The second-order valence-electron chi connectivity index (χ2n) is 5.72. The maximum Gasteiger partial charge on any atom is 0.218 e. The summed E-state index contributed by atoms with van der Waals surface area (Å²) in [6, 6.07) is 0. The quantitative estimate of drug-likeness (QED) is 0.405. The Bertz CT molecular complexity index is 664. The Hall–Kier alpha value is -1.51. The minimum absolute atomic E-state index is 0.0211. The van der Waals surface area contributed by atoms with Crippen molar-refractivity contribution in [2.75, 3.05) is 17.2 Å². The first-order chi connectivity index (χ1) is 12.1. The lowest BCUT2D eigenvalue weighted by Gasteiger charge is -2.23.